The first-order valence-corrected chi connectivity index (χ1v) is 9.70. The molecule has 5 nitrogen and oxygen atoms in total. The molecule has 0 aliphatic heterocycles. The normalized spacial score (nSPS) is 10.4. The Morgan fingerprint density at radius 3 is 2.52 bits per heavy atom. The standard InChI is InChI=1S/C24H25N3O2/c1-17-10-11-18(2)21(15-17)27-24(29)22-16-20(12-14-25-22)23(28)26-13-6-9-19-7-4-3-5-8-19/h3-5,7-8,10-12,14-16H,6,9,13H2,1-2H3,(H,26,28)(H,27,29). The predicted molar refractivity (Wildman–Crippen MR) is 115 cm³/mol. The van der Waals surface area contributed by atoms with Crippen LogP contribution in [0.25, 0.3) is 0 Å². The average Bonchev–Trinajstić information content (AvgIpc) is 2.74. The van der Waals surface area contributed by atoms with Crippen LogP contribution in [-0.4, -0.2) is 23.3 Å². The third kappa shape index (κ3) is 5.75. The van der Waals surface area contributed by atoms with Crippen molar-refractivity contribution in [1.82, 2.24) is 10.3 Å². The molecule has 2 aromatic carbocycles. The fraction of sp³-hybridized carbons (Fsp3) is 0.208. The van der Waals surface area contributed by atoms with Gasteiger partial charge in [0.2, 0.25) is 0 Å². The van der Waals surface area contributed by atoms with Crippen LogP contribution >= 0.6 is 0 Å². The molecule has 2 N–H and O–H groups in total. The van der Waals surface area contributed by atoms with Gasteiger partial charge in [-0.25, -0.2) is 0 Å². The fourth-order valence-electron chi connectivity index (χ4n) is 2.99. The van der Waals surface area contributed by atoms with Crippen molar-refractivity contribution < 1.29 is 9.59 Å². The molecule has 0 spiro atoms. The lowest BCUT2D eigenvalue weighted by Gasteiger charge is -2.10. The van der Waals surface area contributed by atoms with E-state index in [2.05, 4.69) is 27.8 Å². The number of nitrogens with zero attached hydrogens (tertiary/aromatic N) is 1. The van der Waals surface area contributed by atoms with Crippen LogP contribution in [-0.2, 0) is 6.42 Å². The van der Waals surface area contributed by atoms with Crippen molar-refractivity contribution in [3.8, 4) is 0 Å². The summed E-state index contributed by atoms with van der Waals surface area (Å²) in [6.07, 6.45) is 3.23. The zero-order chi connectivity index (χ0) is 20.6. The van der Waals surface area contributed by atoms with Gasteiger partial charge in [0.1, 0.15) is 5.69 Å². The average molecular weight is 387 g/mol. The minimum absolute atomic E-state index is 0.207. The molecule has 0 radical (unpaired) electrons. The van der Waals surface area contributed by atoms with Gasteiger partial charge in [-0.1, -0.05) is 42.5 Å². The van der Waals surface area contributed by atoms with Crippen LogP contribution in [0, 0.1) is 13.8 Å². The van der Waals surface area contributed by atoms with Crippen molar-refractivity contribution in [2.45, 2.75) is 26.7 Å². The molecule has 0 aliphatic rings. The van der Waals surface area contributed by atoms with Crippen molar-refractivity contribution in [2.24, 2.45) is 0 Å². The summed E-state index contributed by atoms with van der Waals surface area (Å²) in [5.41, 5.74) is 4.65. The summed E-state index contributed by atoms with van der Waals surface area (Å²) in [5.74, 6) is -0.543. The fourth-order valence-corrected chi connectivity index (χ4v) is 2.99. The molecule has 0 saturated carbocycles. The predicted octanol–water partition coefficient (Wildman–Crippen LogP) is 4.31. The number of hydrogen-bond acceptors (Lipinski definition) is 3. The molecular weight excluding hydrogens is 362 g/mol. The van der Waals surface area contributed by atoms with E-state index in [1.54, 1.807) is 6.07 Å². The van der Waals surface area contributed by atoms with Gasteiger partial charge in [0.05, 0.1) is 0 Å². The summed E-state index contributed by atoms with van der Waals surface area (Å²) in [6, 6.07) is 19.2. The summed E-state index contributed by atoms with van der Waals surface area (Å²) >= 11 is 0. The van der Waals surface area contributed by atoms with Crippen molar-refractivity contribution in [3.05, 3.63) is 94.8 Å². The Labute approximate surface area is 171 Å². The Morgan fingerprint density at radius 1 is 0.931 bits per heavy atom. The Balaban J connectivity index is 1.57. The summed E-state index contributed by atoms with van der Waals surface area (Å²) in [7, 11) is 0. The van der Waals surface area contributed by atoms with Gasteiger partial charge >= 0.3 is 0 Å². The largest absolute Gasteiger partial charge is 0.352 e. The second kappa shape index (κ2) is 9.64. The zero-order valence-corrected chi connectivity index (χ0v) is 16.7. The Kier molecular flexibility index (Phi) is 6.74. The molecule has 0 atom stereocenters. The van der Waals surface area contributed by atoms with E-state index in [0.717, 1.165) is 29.7 Å². The van der Waals surface area contributed by atoms with E-state index in [-0.39, 0.29) is 17.5 Å². The van der Waals surface area contributed by atoms with Gasteiger partial charge < -0.3 is 10.6 Å². The number of rotatable bonds is 7. The molecule has 148 valence electrons. The van der Waals surface area contributed by atoms with Gasteiger partial charge in [-0.15, -0.1) is 0 Å². The molecule has 0 fully saturated rings. The molecule has 3 aromatic rings. The van der Waals surface area contributed by atoms with E-state index in [4.69, 9.17) is 0 Å². The SMILES string of the molecule is Cc1ccc(C)c(NC(=O)c2cc(C(=O)NCCCc3ccccc3)ccn2)c1. The number of anilines is 1. The molecule has 0 bridgehead atoms. The molecule has 1 aromatic heterocycles. The number of nitrogens with one attached hydrogen (secondary N) is 2. The smallest absolute Gasteiger partial charge is 0.274 e. The molecular formula is C24H25N3O2. The Hall–Kier alpha value is -3.47. The molecule has 2 amide bonds. The van der Waals surface area contributed by atoms with Crippen LogP contribution in [0.1, 0.15) is 44.0 Å². The van der Waals surface area contributed by atoms with Gasteiger partial charge in [0, 0.05) is 24.0 Å². The topological polar surface area (TPSA) is 71.1 Å². The van der Waals surface area contributed by atoms with Crippen molar-refractivity contribution in [2.75, 3.05) is 11.9 Å². The van der Waals surface area contributed by atoms with Crippen molar-refractivity contribution >= 4 is 17.5 Å². The second-order valence-electron chi connectivity index (χ2n) is 7.05. The Morgan fingerprint density at radius 2 is 1.72 bits per heavy atom. The van der Waals surface area contributed by atoms with Gasteiger partial charge in [0.15, 0.2) is 0 Å². The van der Waals surface area contributed by atoms with Crippen molar-refractivity contribution in [1.29, 1.82) is 0 Å². The molecule has 3 rings (SSSR count). The number of benzene rings is 2. The molecule has 1 heterocycles. The summed E-state index contributed by atoms with van der Waals surface area (Å²) in [4.78, 5) is 29.1. The number of carbonyl (C=O) groups is 2. The van der Waals surface area contributed by atoms with Crippen LogP contribution < -0.4 is 10.6 Å². The third-order valence-corrected chi connectivity index (χ3v) is 4.67. The molecule has 0 unspecified atom stereocenters. The van der Waals surface area contributed by atoms with Crippen molar-refractivity contribution in [3.63, 3.8) is 0 Å². The van der Waals surface area contributed by atoms with Crippen LogP contribution in [0.3, 0.4) is 0 Å². The summed E-state index contributed by atoms with van der Waals surface area (Å²) in [5, 5.41) is 5.77. The molecule has 0 aliphatic carbocycles. The van der Waals surface area contributed by atoms with E-state index < -0.39 is 0 Å². The lowest BCUT2D eigenvalue weighted by molar-refractivity contribution is 0.0953. The highest BCUT2D eigenvalue weighted by Crippen LogP contribution is 2.17. The monoisotopic (exact) mass is 387 g/mol. The van der Waals surface area contributed by atoms with E-state index in [1.165, 1.54) is 17.8 Å². The van der Waals surface area contributed by atoms with Crippen LogP contribution in [0.4, 0.5) is 5.69 Å². The number of carbonyl (C=O) groups excluding carboxylic acids is 2. The van der Waals surface area contributed by atoms with Gasteiger partial charge in [-0.05, 0) is 61.6 Å². The third-order valence-electron chi connectivity index (χ3n) is 4.67. The number of aryl methyl sites for hydroxylation is 3. The number of hydrogen-bond donors (Lipinski definition) is 2. The van der Waals surface area contributed by atoms with Crippen LogP contribution in [0.5, 0.6) is 0 Å². The van der Waals surface area contributed by atoms with Gasteiger partial charge in [-0.2, -0.15) is 0 Å². The second-order valence-corrected chi connectivity index (χ2v) is 7.05. The lowest BCUT2D eigenvalue weighted by Crippen LogP contribution is -2.25. The van der Waals surface area contributed by atoms with E-state index in [0.29, 0.717) is 12.1 Å². The zero-order valence-electron chi connectivity index (χ0n) is 16.7. The van der Waals surface area contributed by atoms with E-state index >= 15 is 0 Å². The first kappa shape index (κ1) is 20.3. The quantitative estimate of drug-likeness (QED) is 0.593. The number of pyridine rings is 1. The summed E-state index contributed by atoms with van der Waals surface area (Å²) < 4.78 is 0. The highest BCUT2D eigenvalue weighted by molar-refractivity contribution is 6.05. The molecule has 0 saturated heterocycles. The van der Waals surface area contributed by atoms with Gasteiger partial charge in [0.25, 0.3) is 11.8 Å². The summed E-state index contributed by atoms with van der Waals surface area (Å²) in [6.45, 7) is 4.47. The van der Waals surface area contributed by atoms with E-state index in [9.17, 15) is 9.59 Å². The highest BCUT2D eigenvalue weighted by Gasteiger charge is 2.13. The minimum Gasteiger partial charge on any atom is -0.352 e. The molecule has 29 heavy (non-hydrogen) atoms. The lowest BCUT2D eigenvalue weighted by atomic mass is 10.1. The molecule has 5 heteroatoms. The Bertz CT molecular complexity index is 1000. The van der Waals surface area contributed by atoms with Gasteiger partial charge in [-0.3, -0.25) is 14.6 Å². The van der Waals surface area contributed by atoms with E-state index in [1.807, 2.05) is 50.2 Å². The maximum absolute atomic E-state index is 12.6. The number of aromatic nitrogens is 1. The first-order chi connectivity index (χ1) is 14.0. The maximum atomic E-state index is 12.6. The first-order valence-electron chi connectivity index (χ1n) is 9.70. The minimum atomic E-state index is -0.336. The maximum Gasteiger partial charge on any atom is 0.274 e. The highest BCUT2D eigenvalue weighted by atomic mass is 16.2. The number of amides is 2. The van der Waals surface area contributed by atoms with Crippen LogP contribution in [0.15, 0.2) is 66.9 Å². The van der Waals surface area contributed by atoms with Crippen LogP contribution in [0.2, 0.25) is 0 Å².